The van der Waals surface area contributed by atoms with Crippen LogP contribution in [0.25, 0.3) is 10.9 Å². The second kappa shape index (κ2) is 12.4. The first-order chi connectivity index (χ1) is 19.1. The molecule has 1 fully saturated rings. The van der Waals surface area contributed by atoms with E-state index in [1.54, 1.807) is 22.6 Å². The van der Waals surface area contributed by atoms with Gasteiger partial charge >= 0.3 is 0 Å². The molecule has 10 heteroatoms. The van der Waals surface area contributed by atoms with Crippen molar-refractivity contribution in [2.75, 3.05) is 25.5 Å². The van der Waals surface area contributed by atoms with Crippen LogP contribution in [0.3, 0.4) is 0 Å². The molecule has 0 saturated carbocycles. The first-order valence-corrected chi connectivity index (χ1v) is 14.1. The lowest BCUT2D eigenvalue weighted by Crippen LogP contribution is -2.46. The van der Waals surface area contributed by atoms with Crippen LogP contribution in [-0.2, 0) is 27.7 Å². The second-order valence-corrected chi connectivity index (χ2v) is 12.1. The van der Waals surface area contributed by atoms with Crippen molar-refractivity contribution in [3.05, 3.63) is 72.2 Å². The Hall–Kier alpha value is -4.07. The Morgan fingerprint density at radius 3 is 2.55 bits per heavy atom. The number of ether oxygens (including phenoxy) is 1. The predicted molar refractivity (Wildman–Crippen MR) is 157 cm³/mol. The predicted octanol–water partition coefficient (Wildman–Crippen LogP) is 5.23. The molecule has 2 aromatic heterocycles. The molecule has 1 saturated heterocycles. The van der Waals surface area contributed by atoms with Gasteiger partial charge in [0.2, 0.25) is 0 Å². The van der Waals surface area contributed by atoms with E-state index in [9.17, 15) is 9.00 Å². The molecule has 0 aliphatic carbocycles. The number of nitriles is 1. The van der Waals surface area contributed by atoms with Crippen molar-refractivity contribution in [1.82, 2.24) is 19.1 Å². The SMILES string of the molecule is CNc1cnn(C(C)(C)C)c1.Cc1cc(CC=O)ccc1Oc1ccnc2ccc(S(=O)N3CC(C#N)C3)cc12. The lowest BCUT2D eigenvalue weighted by molar-refractivity contribution is -0.107. The average molecular weight is 559 g/mol. The fourth-order valence-corrected chi connectivity index (χ4v) is 5.42. The third kappa shape index (κ3) is 6.73. The lowest BCUT2D eigenvalue weighted by atomic mass is 10.1. The second-order valence-electron chi connectivity index (χ2n) is 10.6. The monoisotopic (exact) mass is 558 g/mol. The fourth-order valence-electron chi connectivity index (χ4n) is 4.09. The number of hydrogen-bond donors (Lipinski definition) is 1. The molecule has 1 atom stereocenters. The minimum Gasteiger partial charge on any atom is -0.456 e. The van der Waals surface area contributed by atoms with Gasteiger partial charge in [-0.25, -0.2) is 8.51 Å². The summed E-state index contributed by atoms with van der Waals surface area (Å²) in [4.78, 5) is 15.8. The topological polar surface area (TPSA) is 113 Å². The number of aromatic nitrogens is 3. The molecule has 1 unspecified atom stereocenters. The van der Waals surface area contributed by atoms with Crippen LogP contribution in [0.15, 0.2) is 66.0 Å². The molecule has 40 heavy (non-hydrogen) atoms. The maximum atomic E-state index is 12.8. The summed E-state index contributed by atoms with van der Waals surface area (Å²) in [5.74, 6) is 1.27. The van der Waals surface area contributed by atoms with E-state index in [2.05, 4.69) is 42.2 Å². The van der Waals surface area contributed by atoms with E-state index in [0.29, 0.717) is 35.9 Å². The number of benzene rings is 2. The number of anilines is 1. The molecule has 4 aromatic rings. The first-order valence-electron chi connectivity index (χ1n) is 13.0. The van der Waals surface area contributed by atoms with Crippen molar-refractivity contribution in [1.29, 1.82) is 5.26 Å². The van der Waals surface area contributed by atoms with Gasteiger partial charge in [-0.05, 0) is 69.2 Å². The van der Waals surface area contributed by atoms with E-state index in [0.717, 1.165) is 34.0 Å². The van der Waals surface area contributed by atoms with Crippen molar-refractivity contribution in [2.24, 2.45) is 5.92 Å². The molecule has 9 nitrogen and oxygen atoms in total. The molecule has 1 aliphatic rings. The molecule has 0 spiro atoms. The number of nitrogens with one attached hydrogen (secondary N) is 1. The Bertz CT molecular complexity index is 1560. The van der Waals surface area contributed by atoms with Crippen LogP contribution in [0.4, 0.5) is 5.69 Å². The fraction of sp³-hybridized carbons (Fsp3) is 0.333. The van der Waals surface area contributed by atoms with Crippen molar-refractivity contribution < 1.29 is 13.7 Å². The largest absolute Gasteiger partial charge is 0.456 e. The summed E-state index contributed by atoms with van der Waals surface area (Å²) in [6.07, 6.45) is 6.75. The minimum absolute atomic E-state index is 0.0508. The zero-order valence-corrected chi connectivity index (χ0v) is 24.2. The van der Waals surface area contributed by atoms with Crippen LogP contribution in [0, 0.1) is 24.2 Å². The van der Waals surface area contributed by atoms with Crippen LogP contribution in [0.2, 0.25) is 0 Å². The summed E-state index contributed by atoms with van der Waals surface area (Å²) in [5, 5.41) is 16.9. The number of fused-ring (bicyclic) bond motifs is 1. The van der Waals surface area contributed by atoms with Gasteiger partial charge in [0.15, 0.2) is 0 Å². The van der Waals surface area contributed by atoms with Crippen LogP contribution in [0.5, 0.6) is 11.5 Å². The molecular formula is C30H34N6O3S. The van der Waals surface area contributed by atoms with Crippen LogP contribution < -0.4 is 10.1 Å². The Morgan fingerprint density at radius 2 is 1.95 bits per heavy atom. The average Bonchev–Trinajstić information content (AvgIpc) is 3.40. The van der Waals surface area contributed by atoms with Crippen molar-refractivity contribution >= 4 is 33.9 Å². The maximum Gasteiger partial charge on any atom is 0.138 e. The van der Waals surface area contributed by atoms with Crippen molar-refractivity contribution in [3.8, 4) is 17.6 Å². The summed E-state index contributed by atoms with van der Waals surface area (Å²) >= 11 is 0. The van der Waals surface area contributed by atoms with Gasteiger partial charge in [0, 0.05) is 44.3 Å². The first kappa shape index (κ1) is 28.9. The molecule has 208 valence electrons. The van der Waals surface area contributed by atoms with E-state index in [1.807, 2.05) is 61.4 Å². The number of nitrogens with zero attached hydrogens (tertiary/aromatic N) is 5. The van der Waals surface area contributed by atoms with Gasteiger partial charge in [-0.3, -0.25) is 9.67 Å². The molecule has 1 N–H and O–H groups in total. The van der Waals surface area contributed by atoms with E-state index >= 15 is 0 Å². The van der Waals surface area contributed by atoms with Crippen LogP contribution >= 0.6 is 0 Å². The van der Waals surface area contributed by atoms with Gasteiger partial charge in [0.05, 0.1) is 39.8 Å². The molecule has 0 amide bonds. The highest BCUT2D eigenvalue weighted by atomic mass is 32.2. The van der Waals surface area contributed by atoms with E-state index in [-0.39, 0.29) is 11.5 Å². The highest BCUT2D eigenvalue weighted by Crippen LogP contribution is 2.33. The summed E-state index contributed by atoms with van der Waals surface area (Å²) < 4.78 is 22.7. The minimum atomic E-state index is -1.32. The summed E-state index contributed by atoms with van der Waals surface area (Å²) in [7, 11) is 0.574. The van der Waals surface area contributed by atoms with Crippen LogP contribution in [-0.4, -0.2) is 49.7 Å². The molecular weight excluding hydrogens is 524 g/mol. The van der Waals surface area contributed by atoms with Gasteiger partial charge in [-0.15, -0.1) is 0 Å². The standard InChI is InChI=1S/C22H19N3O3S.C8H15N3/c1-15-10-16(7-9-26)2-5-21(15)28-22-6-8-24-20-4-3-18(11-19(20)22)29(27)25-13-17(12-23)14-25;1-8(2,3)11-6-7(9-4)5-10-11/h2-6,8-11,17H,7,13-14H2,1H3;5-6,9H,1-4H3. The van der Waals surface area contributed by atoms with E-state index in [4.69, 9.17) is 10.00 Å². The number of carbonyl (C=O) groups is 1. The number of aldehydes is 1. The van der Waals surface area contributed by atoms with Crippen molar-refractivity contribution in [2.45, 2.75) is 44.6 Å². The molecule has 5 rings (SSSR count). The third-order valence-corrected chi connectivity index (χ3v) is 7.90. The quantitative estimate of drug-likeness (QED) is 0.309. The summed E-state index contributed by atoms with van der Waals surface area (Å²) in [6, 6.07) is 15.1. The van der Waals surface area contributed by atoms with Gasteiger partial charge in [-0.1, -0.05) is 12.1 Å². The van der Waals surface area contributed by atoms with Gasteiger partial charge in [0.25, 0.3) is 0 Å². The summed E-state index contributed by atoms with van der Waals surface area (Å²) in [6.45, 7) is 9.34. The number of rotatable bonds is 7. The van der Waals surface area contributed by atoms with Crippen LogP contribution in [0.1, 0.15) is 31.9 Å². The number of carbonyl (C=O) groups excluding carboxylic acids is 1. The highest BCUT2D eigenvalue weighted by molar-refractivity contribution is 7.82. The zero-order chi connectivity index (χ0) is 28.9. The molecule has 0 bridgehead atoms. The Labute approximate surface area is 237 Å². The number of hydrogen-bond acceptors (Lipinski definition) is 7. The normalized spacial score (nSPS) is 14.4. The third-order valence-electron chi connectivity index (χ3n) is 6.48. The Balaban J connectivity index is 0.000000283. The molecule has 3 heterocycles. The smallest absolute Gasteiger partial charge is 0.138 e. The lowest BCUT2D eigenvalue weighted by Gasteiger charge is -2.33. The number of pyridine rings is 1. The van der Waals surface area contributed by atoms with E-state index in [1.165, 1.54) is 0 Å². The highest BCUT2D eigenvalue weighted by Gasteiger charge is 2.31. The summed E-state index contributed by atoms with van der Waals surface area (Å²) in [5.41, 5.74) is 3.75. The van der Waals surface area contributed by atoms with Gasteiger partial charge < -0.3 is 14.8 Å². The molecule has 1 aliphatic heterocycles. The van der Waals surface area contributed by atoms with E-state index < -0.39 is 11.0 Å². The zero-order valence-electron chi connectivity index (χ0n) is 23.4. The molecule has 2 aromatic carbocycles. The Kier molecular flexibility index (Phi) is 8.97. The number of aryl methyl sites for hydroxylation is 1. The van der Waals surface area contributed by atoms with Crippen molar-refractivity contribution in [3.63, 3.8) is 0 Å². The van der Waals surface area contributed by atoms with Gasteiger partial charge in [0.1, 0.15) is 28.8 Å². The maximum absolute atomic E-state index is 12.8. The molecule has 0 radical (unpaired) electrons. The Morgan fingerprint density at radius 1 is 1.18 bits per heavy atom. The van der Waals surface area contributed by atoms with Gasteiger partial charge in [-0.2, -0.15) is 10.4 Å².